The number of aliphatic hydroxyl groups excluding tert-OH is 1. The molecule has 0 bridgehead atoms. The molecule has 0 radical (unpaired) electrons. The van der Waals surface area contributed by atoms with Gasteiger partial charge in [0.1, 0.15) is 12.0 Å². The molecular formula is C19H27N5O. The van der Waals surface area contributed by atoms with Crippen molar-refractivity contribution in [2.45, 2.75) is 32.4 Å². The molecule has 0 aromatic carbocycles. The van der Waals surface area contributed by atoms with Crippen molar-refractivity contribution in [2.24, 2.45) is 5.92 Å². The highest BCUT2D eigenvalue weighted by Gasteiger charge is 2.25. The van der Waals surface area contributed by atoms with Crippen LogP contribution in [0.4, 0.5) is 0 Å². The summed E-state index contributed by atoms with van der Waals surface area (Å²) < 4.78 is 2.37. The first-order valence-electron chi connectivity index (χ1n) is 9.19. The lowest BCUT2D eigenvalue weighted by atomic mass is 9.99. The normalized spacial score (nSPS) is 21.8. The fourth-order valence-corrected chi connectivity index (χ4v) is 4.24. The monoisotopic (exact) mass is 341 g/mol. The van der Waals surface area contributed by atoms with Gasteiger partial charge >= 0.3 is 0 Å². The lowest BCUT2D eigenvalue weighted by Gasteiger charge is -2.32. The molecule has 4 heterocycles. The number of fused-ring (bicyclic) bond motifs is 3. The summed E-state index contributed by atoms with van der Waals surface area (Å²) in [5.74, 6) is 0.430. The molecule has 6 heteroatoms. The minimum absolute atomic E-state index is 0.303. The van der Waals surface area contributed by atoms with Crippen molar-refractivity contribution in [3.8, 4) is 0 Å². The van der Waals surface area contributed by atoms with E-state index in [1.54, 1.807) is 6.33 Å². The fourth-order valence-electron chi connectivity index (χ4n) is 4.24. The minimum atomic E-state index is 0.303. The fraction of sp³-hybridized carbons (Fsp3) is 0.579. The third kappa shape index (κ3) is 3.04. The summed E-state index contributed by atoms with van der Waals surface area (Å²) in [6.07, 6.45) is 6.79. The molecule has 1 unspecified atom stereocenters. The van der Waals surface area contributed by atoms with E-state index >= 15 is 0 Å². The molecule has 6 nitrogen and oxygen atoms in total. The van der Waals surface area contributed by atoms with E-state index in [2.05, 4.69) is 38.0 Å². The molecule has 0 saturated carbocycles. The van der Waals surface area contributed by atoms with Crippen LogP contribution in [0.3, 0.4) is 0 Å². The third-order valence-electron chi connectivity index (χ3n) is 5.75. The Balaban J connectivity index is 1.61. The number of nitrogens with zero attached hydrogens (tertiary/aromatic N) is 5. The number of rotatable bonds is 4. The number of allylic oxidation sites excluding steroid dienone is 1. The van der Waals surface area contributed by atoms with Gasteiger partial charge in [0.2, 0.25) is 0 Å². The maximum Gasteiger partial charge on any atom is 0.143 e. The van der Waals surface area contributed by atoms with E-state index < -0.39 is 0 Å². The number of likely N-dealkylation sites (tertiary alicyclic amines) is 1. The van der Waals surface area contributed by atoms with Gasteiger partial charge < -0.3 is 19.5 Å². The van der Waals surface area contributed by atoms with Gasteiger partial charge in [0, 0.05) is 74.8 Å². The molecular weight excluding hydrogens is 314 g/mol. The van der Waals surface area contributed by atoms with Crippen molar-refractivity contribution in [2.75, 3.05) is 33.3 Å². The van der Waals surface area contributed by atoms with E-state index in [0.717, 1.165) is 56.9 Å². The molecule has 2 aliphatic heterocycles. The highest BCUT2D eigenvalue weighted by atomic mass is 16.3. The van der Waals surface area contributed by atoms with Crippen LogP contribution in [0.25, 0.3) is 11.0 Å². The summed E-state index contributed by atoms with van der Waals surface area (Å²) in [7, 11) is 2.10. The van der Waals surface area contributed by atoms with Crippen LogP contribution in [-0.4, -0.2) is 62.7 Å². The second-order valence-electron chi connectivity index (χ2n) is 7.43. The second-order valence-corrected chi connectivity index (χ2v) is 7.43. The third-order valence-corrected chi connectivity index (χ3v) is 5.75. The number of likely N-dealkylation sites (N-methyl/N-ethyl adjacent to an activating group) is 1. The van der Waals surface area contributed by atoms with Crippen LogP contribution in [0, 0.1) is 5.92 Å². The van der Waals surface area contributed by atoms with Gasteiger partial charge in [-0.15, -0.1) is 0 Å². The first-order valence-corrected chi connectivity index (χ1v) is 9.19. The SMILES string of the molecule is C=C1Cc2c(c3cncnc3n2CCN2CCCC(CO)C2)CN1C. The number of hydrogen-bond donors (Lipinski definition) is 1. The molecule has 1 atom stereocenters. The molecule has 1 N–H and O–H groups in total. The Morgan fingerprint density at radius 3 is 3.08 bits per heavy atom. The van der Waals surface area contributed by atoms with Crippen molar-refractivity contribution >= 4 is 11.0 Å². The van der Waals surface area contributed by atoms with Crippen molar-refractivity contribution in [3.05, 3.63) is 36.1 Å². The van der Waals surface area contributed by atoms with Crippen LogP contribution >= 0.6 is 0 Å². The molecule has 134 valence electrons. The number of aromatic nitrogens is 3. The summed E-state index contributed by atoms with van der Waals surface area (Å²) >= 11 is 0. The Morgan fingerprint density at radius 1 is 1.36 bits per heavy atom. The van der Waals surface area contributed by atoms with E-state index in [1.165, 1.54) is 23.1 Å². The molecule has 2 aromatic heterocycles. The zero-order chi connectivity index (χ0) is 17.4. The van der Waals surface area contributed by atoms with Gasteiger partial charge in [-0.05, 0) is 25.3 Å². The van der Waals surface area contributed by atoms with Gasteiger partial charge in [0.15, 0.2) is 0 Å². The minimum Gasteiger partial charge on any atom is -0.396 e. The van der Waals surface area contributed by atoms with Gasteiger partial charge in [0.25, 0.3) is 0 Å². The topological polar surface area (TPSA) is 57.4 Å². The zero-order valence-corrected chi connectivity index (χ0v) is 15.0. The summed E-state index contributed by atoms with van der Waals surface area (Å²) in [4.78, 5) is 13.5. The summed E-state index contributed by atoms with van der Waals surface area (Å²) in [6.45, 7) is 9.45. The van der Waals surface area contributed by atoms with Crippen LogP contribution in [0.15, 0.2) is 24.8 Å². The average molecular weight is 341 g/mol. The zero-order valence-electron chi connectivity index (χ0n) is 15.0. The van der Waals surface area contributed by atoms with Crippen LogP contribution in [0.1, 0.15) is 24.1 Å². The van der Waals surface area contributed by atoms with Crippen molar-refractivity contribution < 1.29 is 5.11 Å². The van der Waals surface area contributed by atoms with E-state index in [-0.39, 0.29) is 0 Å². The van der Waals surface area contributed by atoms with Gasteiger partial charge in [-0.1, -0.05) is 6.58 Å². The van der Waals surface area contributed by atoms with E-state index in [0.29, 0.717) is 12.5 Å². The molecule has 0 amide bonds. The first kappa shape index (κ1) is 16.5. The molecule has 4 rings (SSSR count). The molecule has 0 spiro atoms. The maximum atomic E-state index is 9.45. The van der Waals surface area contributed by atoms with Crippen molar-refractivity contribution in [1.82, 2.24) is 24.3 Å². The van der Waals surface area contributed by atoms with Crippen molar-refractivity contribution in [1.29, 1.82) is 0 Å². The molecule has 1 fully saturated rings. The number of hydrogen-bond acceptors (Lipinski definition) is 5. The van der Waals surface area contributed by atoms with Gasteiger partial charge in [-0.2, -0.15) is 0 Å². The van der Waals surface area contributed by atoms with Gasteiger partial charge in [-0.3, -0.25) is 0 Å². The van der Waals surface area contributed by atoms with E-state index in [4.69, 9.17) is 0 Å². The maximum absolute atomic E-state index is 9.45. The average Bonchev–Trinajstić information content (AvgIpc) is 2.93. The summed E-state index contributed by atoms with van der Waals surface area (Å²) in [5, 5.41) is 10.6. The predicted molar refractivity (Wildman–Crippen MR) is 98.1 cm³/mol. The lowest BCUT2D eigenvalue weighted by molar-refractivity contribution is 0.118. The Kier molecular flexibility index (Phi) is 4.48. The lowest BCUT2D eigenvalue weighted by Crippen LogP contribution is -2.38. The highest BCUT2D eigenvalue weighted by molar-refractivity contribution is 5.81. The van der Waals surface area contributed by atoms with Crippen LogP contribution in [0.2, 0.25) is 0 Å². The highest BCUT2D eigenvalue weighted by Crippen LogP contribution is 2.32. The number of piperidine rings is 1. The second kappa shape index (κ2) is 6.77. The Labute approximate surface area is 148 Å². The molecule has 2 aliphatic rings. The largest absolute Gasteiger partial charge is 0.396 e. The van der Waals surface area contributed by atoms with Crippen LogP contribution in [-0.2, 0) is 19.5 Å². The van der Waals surface area contributed by atoms with E-state index in [1.807, 2.05) is 6.20 Å². The summed E-state index contributed by atoms with van der Waals surface area (Å²) in [6, 6.07) is 0. The van der Waals surface area contributed by atoms with Gasteiger partial charge in [-0.25, -0.2) is 9.97 Å². The summed E-state index contributed by atoms with van der Waals surface area (Å²) in [5.41, 5.74) is 4.88. The Hall–Kier alpha value is -1.92. The van der Waals surface area contributed by atoms with Crippen LogP contribution < -0.4 is 0 Å². The number of aliphatic hydroxyl groups is 1. The smallest absolute Gasteiger partial charge is 0.143 e. The molecule has 25 heavy (non-hydrogen) atoms. The molecule has 0 aliphatic carbocycles. The van der Waals surface area contributed by atoms with Gasteiger partial charge in [0.05, 0.1) is 0 Å². The molecule has 1 saturated heterocycles. The first-order chi connectivity index (χ1) is 12.2. The molecule has 2 aromatic rings. The quantitative estimate of drug-likeness (QED) is 0.916. The predicted octanol–water partition coefficient (Wildman–Crippen LogP) is 1.64. The Bertz CT molecular complexity index is 783. The van der Waals surface area contributed by atoms with Crippen molar-refractivity contribution in [3.63, 3.8) is 0 Å². The van der Waals surface area contributed by atoms with E-state index in [9.17, 15) is 5.11 Å². The van der Waals surface area contributed by atoms with Crippen LogP contribution in [0.5, 0.6) is 0 Å². The Morgan fingerprint density at radius 2 is 2.24 bits per heavy atom. The standard InChI is InChI=1S/C19H27N5O/c1-14-8-18-17(11-22(14)2)16-9-20-13-21-19(16)24(18)7-6-23-5-3-4-15(10-23)12-25/h9,13,15,25H,1,3-8,10-12H2,2H3.